The summed E-state index contributed by atoms with van der Waals surface area (Å²) in [6.45, 7) is 1.40. The Morgan fingerprint density at radius 3 is 2.94 bits per heavy atom. The van der Waals surface area contributed by atoms with Crippen LogP contribution >= 0.6 is 11.3 Å². The van der Waals surface area contributed by atoms with Gasteiger partial charge < -0.3 is 15.7 Å². The number of hydrogen-bond acceptors (Lipinski definition) is 6. The number of rotatable bonds is 3. The van der Waals surface area contributed by atoms with Crippen molar-refractivity contribution in [2.24, 2.45) is 0 Å². The average molecular weight is 272 g/mol. The first-order valence-electron chi connectivity index (χ1n) is 5.28. The van der Waals surface area contributed by atoms with Gasteiger partial charge in [0.05, 0.1) is 0 Å². The molecule has 2 heterocycles. The Kier molecular flexibility index (Phi) is 3.92. The summed E-state index contributed by atoms with van der Waals surface area (Å²) in [7, 11) is 0. The fraction of sp³-hybridized carbons (Fsp3) is 0.400. The number of fused-ring (bicyclic) bond motifs is 1. The molecule has 8 heteroatoms. The van der Waals surface area contributed by atoms with Crippen LogP contribution in [0.5, 0.6) is 0 Å². The second-order valence-corrected chi connectivity index (χ2v) is 4.88. The van der Waals surface area contributed by atoms with Crippen LogP contribution in [0.3, 0.4) is 0 Å². The molecule has 0 aromatic carbocycles. The first-order chi connectivity index (χ1) is 8.63. The van der Waals surface area contributed by atoms with Gasteiger partial charge in [-0.1, -0.05) is 0 Å². The highest BCUT2D eigenvalue weighted by Gasteiger charge is 2.23. The molecule has 2 rings (SSSR count). The Bertz CT molecular complexity index is 485. The summed E-state index contributed by atoms with van der Waals surface area (Å²) in [5, 5.41) is 23.0. The lowest BCUT2D eigenvalue weighted by molar-refractivity contribution is -0.252. The van der Waals surface area contributed by atoms with Gasteiger partial charge in [-0.05, 0) is 18.5 Å². The van der Waals surface area contributed by atoms with Crippen LogP contribution < -0.4 is 10.6 Å². The monoisotopic (exact) mass is 272 g/mol. The molecular formula is C10H12N2O5S. The van der Waals surface area contributed by atoms with Gasteiger partial charge in [0.2, 0.25) is 0 Å². The minimum Gasteiger partial charge on any atom is -0.474 e. The van der Waals surface area contributed by atoms with E-state index in [9.17, 15) is 9.59 Å². The Morgan fingerprint density at radius 1 is 1.50 bits per heavy atom. The second kappa shape index (κ2) is 5.44. The number of thiophene rings is 1. The van der Waals surface area contributed by atoms with Gasteiger partial charge in [-0.3, -0.25) is 10.1 Å². The first kappa shape index (κ1) is 13.0. The molecule has 0 saturated heterocycles. The third-order valence-corrected chi connectivity index (χ3v) is 3.86. The van der Waals surface area contributed by atoms with Crippen LogP contribution in [0.1, 0.15) is 16.0 Å². The van der Waals surface area contributed by atoms with Gasteiger partial charge in [-0.2, -0.15) is 0 Å². The van der Waals surface area contributed by atoms with E-state index in [1.54, 1.807) is 0 Å². The first-order valence-corrected chi connectivity index (χ1v) is 6.10. The van der Waals surface area contributed by atoms with Crippen molar-refractivity contribution in [2.75, 3.05) is 11.9 Å². The lowest BCUT2D eigenvalue weighted by atomic mass is 10.0. The van der Waals surface area contributed by atoms with Crippen molar-refractivity contribution in [3.8, 4) is 0 Å². The molecule has 0 aliphatic carbocycles. The molecule has 0 saturated carbocycles. The Balaban J connectivity index is 2.30. The lowest BCUT2D eigenvalue weighted by Gasteiger charge is -2.13. The van der Waals surface area contributed by atoms with E-state index < -0.39 is 11.9 Å². The molecule has 7 nitrogen and oxygen atoms in total. The third kappa shape index (κ3) is 2.51. The molecule has 18 heavy (non-hydrogen) atoms. The summed E-state index contributed by atoms with van der Waals surface area (Å²) in [4.78, 5) is 26.8. The van der Waals surface area contributed by atoms with E-state index in [2.05, 4.69) is 15.5 Å². The number of carboxylic acids is 1. The molecule has 1 aliphatic heterocycles. The number of carboxylic acid groups (broad SMARTS) is 1. The average Bonchev–Trinajstić information content (AvgIpc) is 2.68. The van der Waals surface area contributed by atoms with E-state index >= 15 is 0 Å². The number of anilines is 1. The molecule has 1 aromatic heterocycles. The predicted molar refractivity (Wildman–Crippen MR) is 63.4 cm³/mol. The third-order valence-electron chi connectivity index (χ3n) is 2.67. The molecular weight excluding hydrogens is 260 g/mol. The number of aliphatic carboxylic acids is 1. The molecule has 0 bridgehead atoms. The number of hydrogen-bond donors (Lipinski definition) is 4. The smallest absolute Gasteiger partial charge is 0.394 e. The molecule has 0 fully saturated rings. The van der Waals surface area contributed by atoms with Gasteiger partial charge in [-0.15, -0.1) is 11.3 Å². The summed E-state index contributed by atoms with van der Waals surface area (Å²) < 4.78 is 0. The van der Waals surface area contributed by atoms with Gasteiger partial charge in [0.25, 0.3) is 0 Å². The van der Waals surface area contributed by atoms with E-state index in [1.165, 1.54) is 11.3 Å². The largest absolute Gasteiger partial charge is 0.474 e. The van der Waals surface area contributed by atoms with Crippen LogP contribution in [0.4, 0.5) is 5.00 Å². The van der Waals surface area contributed by atoms with Gasteiger partial charge in [-0.25, -0.2) is 9.68 Å². The SMILES string of the molecule is O=C(O)C(=O)Nc1sc2c(c1COO)CCNC2. The summed E-state index contributed by atoms with van der Waals surface area (Å²) >= 11 is 1.30. The highest BCUT2D eigenvalue weighted by molar-refractivity contribution is 7.16. The fourth-order valence-electron chi connectivity index (χ4n) is 1.87. The molecule has 1 aliphatic rings. The Morgan fingerprint density at radius 2 is 2.28 bits per heavy atom. The normalized spacial score (nSPS) is 14.1. The zero-order chi connectivity index (χ0) is 13.1. The summed E-state index contributed by atoms with van der Waals surface area (Å²) in [5.41, 5.74) is 1.65. The van der Waals surface area contributed by atoms with Crippen LogP contribution in [0, 0.1) is 0 Å². The molecule has 4 N–H and O–H groups in total. The number of carbonyl (C=O) groups excluding carboxylic acids is 1. The molecule has 0 radical (unpaired) electrons. The molecule has 1 aromatic rings. The molecule has 1 amide bonds. The zero-order valence-electron chi connectivity index (χ0n) is 9.36. The van der Waals surface area contributed by atoms with Crippen LogP contribution in [-0.4, -0.2) is 28.8 Å². The van der Waals surface area contributed by atoms with E-state index in [-0.39, 0.29) is 6.61 Å². The topological polar surface area (TPSA) is 108 Å². The summed E-state index contributed by atoms with van der Waals surface area (Å²) in [6, 6.07) is 0. The van der Waals surface area contributed by atoms with Crippen LogP contribution in [0.15, 0.2) is 0 Å². The van der Waals surface area contributed by atoms with E-state index in [1.807, 2.05) is 0 Å². The highest BCUT2D eigenvalue weighted by atomic mass is 32.1. The maximum Gasteiger partial charge on any atom is 0.394 e. The van der Waals surface area contributed by atoms with Gasteiger partial charge >= 0.3 is 11.9 Å². The van der Waals surface area contributed by atoms with Crippen molar-refractivity contribution in [1.82, 2.24) is 5.32 Å². The van der Waals surface area contributed by atoms with Gasteiger partial charge in [0.1, 0.15) is 11.6 Å². The number of carbonyl (C=O) groups is 2. The van der Waals surface area contributed by atoms with Crippen LogP contribution in [0.2, 0.25) is 0 Å². The van der Waals surface area contributed by atoms with Crippen molar-refractivity contribution in [1.29, 1.82) is 0 Å². The quantitative estimate of drug-likeness (QED) is 0.360. The Hall–Kier alpha value is -1.48. The van der Waals surface area contributed by atoms with Crippen molar-refractivity contribution in [2.45, 2.75) is 19.6 Å². The molecule has 0 atom stereocenters. The van der Waals surface area contributed by atoms with Crippen LogP contribution in [-0.2, 0) is 34.0 Å². The van der Waals surface area contributed by atoms with Crippen LogP contribution in [0.25, 0.3) is 0 Å². The van der Waals surface area contributed by atoms with Crippen molar-refractivity contribution < 1.29 is 24.8 Å². The molecule has 0 spiro atoms. The van der Waals surface area contributed by atoms with Gasteiger partial charge in [0.15, 0.2) is 0 Å². The van der Waals surface area contributed by atoms with E-state index in [0.717, 1.165) is 23.4 Å². The maximum absolute atomic E-state index is 11.2. The number of amides is 1. The fourth-order valence-corrected chi connectivity index (χ4v) is 3.09. The Labute approximate surface area is 106 Å². The van der Waals surface area contributed by atoms with Crippen molar-refractivity contribution in [3.05, 3.63) is 16.0 Å². The zero-order valence-corrected chi connectivity index (χ0v) is 10.2. The lowest BCUT2D eigenvalue weighted by Crippen LogP contribution is -2.23. The second-order valence-electron chi connectivity index (χ2n) is 3.77. The standard InChI is InChI=1S/C10H12N2O5S/c13-8(10(14)15)12-9-6(4-17-16)5-1-2-11-3-7(5)18-9/h11,16H,1-4H2,(H,12,13)(H,14,15). The summed E-state index contributed by atoms with van der Waals surface area (Å²) in [6.07, 6.45) is 0.757. The van der Waals surface area contributed by atoms with E-state index in [0.29, 0.717) is 17.1 Å². The van der Waals surface area contributed by atoms with E-state index in [4.69, 9.17) is 10.4 Å². The van der Waals surface area contributed by atoms with Gasteiger partial charge in [0, 0.05) is 17.0 Å². The molecule has 0 unspecified atom stereocenters. The summed E-state index contributed by atoms with van der Waals surface area (Å²) in [5.74, 6) is -2.64. The maximum atomic E-state index is 11.2. The molecule has 98 valence electrons. The number of nitrogens with one attached hydrogen (secondary N) is 2. The minimum atomic E-state index is -1.55. The van der Waals surface area contributed by atoms with Crippen molar-refractivity contribution >= 4 is 28.2 Å². The highest BCUT2D eigenvalue weighted by Crippen LogP contribution is 2.35. The van der Waals surface area contributed by atoms with Crippen molar-refractivity contribution in [3.63, 3.8) is 0 Å². The predicted octanol–water partition coefficient (Wildman–Crippen LogP) is 0.406. The minimum absolute atomic E-state index is 0.0684.